The molecule has 2 N–H and O–H groups in total. The third kappa shape index (κ3) is 6.22. The molecule has 6 heteroatoms. The largest absolute Gasteiger partial charge is 0.489 e. The molecule has 5 nitrogen and oxygen atoms in total. The van der Waals surface area contributed by atoms with E-state index in [4.69, 9.17) is 9.47 Å². The molecule has 1 atom stereocenters. The Bertz CT molecular complexity index is 451. The van der Waals surface area contributed by atoms with Crippen molar-refractivity contribution in [1.82, 2.24) is 5.32 Å². The van der Waals surface area contributed by atoms with Crippen LogP contribution in [0.4, 0.5) is 5.69 Å². The number of para-hydroxylation sites is 2. The Morgan fingerprint density at radius 2 is 2.18 bits per heavy atom. The molecule has 0 aliphatic carbocycles. The highest BCUT2D eigenvalue weighted by Crippen LogP contribution is 2.25. The van der Waals surface area contributed by atoms with Crippen LogP contribution in [0.2, 0.25) is 0 Å². The second kappa shape index (κ2) is 10.4. The van der Waals surface area contributed by atoms with Crippen molar-refractivity contribution >= 4 is 24.0 Å². The molecule has 1 amide bonds. The maximum atomic E-state index is 11.8. The standard InChI is InChI=1S/C16H24N2O3.ClH/c1-17-10-9-16(19)18-14-7-2-3-8-15(14)21-12-13-6-4-5-11-20-13;/h2-3,7-8,13,17H,4-6,9-12H2,1H3,(H,18,19);1H. The Labute approximate surface area is 138 Å². The van der Waals surface area contributed by atoms with Crippen LogP contribution in [-0.2, 0) is 9.53 Å². The van der Waals surface area contributed by atoms with E-state index in [0.29, 0.717) is 25.3 Å². The van der Waals surface area contributed by atoms with E-state index < -0.39 is 0 Å². The molecule has 0 radical (unpaired) electrons. The summed E-state index contributed by atoms with van der Waals surface area (Å²) in [5.41, 5.74) is 0.717. The third-order valence-corrected chi connectivity index (χ3v) is 3.46. The number of hydrogen-bond acceptors (Lipinski definition) is 4. The molecule has 1 saturated heterocycles. The highest BCUT2D eigenvalue weighted by Gasteiger charge is 2.15. The molecule has 1 aliphatic heterocycles. The first-order chi connectivity index (χ1) is 10.3. The third-order valence-electron chi connectivity index (χ3n) is 3.46. The van der Waals surface area contributed by atoms with Gasteiger partial charge in [-0.15, -0.1) is 12.4 Å². The lowest BCUT2D eigenvalue weighted by Crippen LogP contribution is -2.26. The molecule has 124 valence electrons. The summed E-state index contributed by atoms with van der Waals surface area (Å²) >= 11 is 0. The van der Waals surface area contributed by atoms with Gasteiger partial charge in [0.15, 0.2) is 0 Å². The van der Waals surface area contributed by atoms with Gasteiger partial charge < -0.3 is 20.1 Å². The van der Waals surface area contributed by atoms with Crippen molar-refractivity contribution in [2.75, 3.05) is 32.1 Å². The molecule has 2 rings (SSSR count). The number of carbonyl (C=O) groups is 1. The fraction of sp³-hybridized carbons (Fsp3) is 0.562. The molecule has 0 saturated carbocycles. The first kappa shape index (κ1) is 18.7. The van der Waals surface area contributed by atoms with E-state index in [1.807, 2.05) is 31.3 Å². The summed E-state index contributed by atoms with van der Waals surface area (Å²) in [4.78, 5) is 11.8. The highest BCUT2D eigenvalue weighted by atomic mass is 35.5. The SMILES string of the molecule is CNCCC(=O)Nc1ccccc1OCC1CCCCO1.Cl. The molecule has 0 bridgehead atoms. The minimum Gasteiger partial charge on any atom is -0.489 e. The number of ether oxygens (including phenoxy) is 2. The van der Waals surface area contributed by atoms with Crippen LogP contribution in [0.15, 0.2) is 24.3 Å². The Balaban J connectivity index is 0.00000242. The molecule has 1 fully saturated rings. The van der Waals surface area contributed by atoms with Gasteiger partial charge in [-0.3, -0.25) is 4.79 Å². The normalized spacial score (nSPS) is 17.4. The fourth-order valence-corrected chi connectivity index (χ4v) is 2.27. The van der Waals surface area contributed by atoms with Gasteiger partial charge in [-0.2, -0.15) is 0 Å². The number of carbonyl (C=O) groups excluding carboxylic acids is 1. The Morgan fingerprint density at radius 3 is 2.91 bits per heavy atom. The molecule has 0 spiro atoms. The van der Waals surface area contributed by atoms with Crippen LogP contribution in [0.3, 0.4) is 0 Å². The van der Waals surface area contributed by atoms with Gasteiger partial charge >= 0.3 is 0 Å². The molecular formula is C16H25ClN2O3. The molecule has 1 aromatic rings. The summed E-state index contributed by atoms with van der Waals surface area (Å²) in [6.45, 7) is 2.00. The quantitative estimate of drug-likeness (QED) is 0.807. The monoisotopic (exact) mass is 328 g/mol. The lowest BCUT2D eigenvalue weighted by atomic mass is 10.1. The van der Waals surface area contributed by atoms with Crippen molar-refractivity contribution in [2.24, 2.45) is 0 Å². The van der Waals surface area contributed by atoms with Gasteiger partial charge in [-0.1, -0.05) is 12.1 Å². The van der Waals surface area contributed by atoms with Crippen LogP contribution in [0.25, 0.3) is 0 Å². The van der Waals surface area contributed by atoms with Gasteiger partial charge in [0.1, 0.15) is 12.4 Å². The van der Waals surface area contributed by atoms with Gasteiger partial charge in [0.05, 0.1) is 11.8 Å². The number of benzene rings is 1. The summed E-state index contributed by atoms with van der Waals surface area (Å²) < 4.78 is 11.5. The van der Waals surface area contributed by atoms with Crippen molar-refractivity contribution in [1.29, 1.82) is 0 Å². The number of anilines is 1. The van der Waals surface area contributed by atoms with Gasteiger partial charge in [-0.25, -0.2) is 0 Å². The van der Waals surface area contributed by atoms with E-state index in [2.05, 4.69) is 10.6 Å². The number of amides is 1. The average molecular weight is 329 g/mol. The first-order valence-electron chi connectivity index (χ1n) is 7.57. The maximum Gasteiger partial charge on any atom is 0.225 e. The number of hydrogen-bond donors (Lipinski definition) is 2. The van der Waals surface area contributed by atoms with Crippen molar-refractivity contribution in [2.45, 2.75) is 31.8 Å². The zero-order chi connectivity index (χ0) is 14.9. The van der Waals surface area contributed by atoms with Gasteiger partial charge in [0, 0.05) is 19.6 Å². The van der Waals surface area contributed by atoms with Gasteiger partial charge in [0.2, 0.25) is 5.91 Å². The van der Waals surface area contributed by atoms with Crippen LogP contribution < -0.4 is 15.4 Å². The second-order valence-electron chi connectivity index (χ2n) is 5.20. The Hall–Kier alpha value is -1.30. The summed E-state index contributed by atoms with van der Waals surface area (Å²) in [7, 11) is 1.83. The lowest BCUT2D eigenvalue weighted by molar-refractivity contribution is -0.116. The van der Waals surface area contributed by atoms with Crippen molar-refractivity contribution in [3.63, 3.8) is 0 Å². The van der Waals surface area contributed by atoms with Crippen molar-refractivity contribution < 1.29 is 14.3 Å². The molecule has 0 aromatic heterocycles. The second-order valence-corrected chi connectivity index (χ2v) is 5.20. The zero-order valence-corrected chi connectivity index (χ0v) is 13.8. The molecule has 1 heterocycles. The summed E-state index contributed by atoms with van der Waals surface area (Å²) in [5.74, 6) is 0.679. The predicted octanol–water partition coefficient (Wildman–Crippen LogP) is 2.60. The van der Waals surface area contributed by atoms with Gasteiger partial charge in [-0.05, 0) is 38.4 Å². The molecule has 1 aliphatic rings. The van der Waals surface area contributed by atoms with Crippen molar-refractivity contribution in [3.8, 4) is 5.75 Å². The van der Waals surface area contributed by atoms with Crippen LogP contribution in [0.5, 0.6) is 5.75 Å². The van der Waals surface area contributed by atoms with E-state index >= 15 is 0 Å². The highest BCUT2D eigenvalue weighted by molar-refractivity contribution is 5.92. The first-order valence-corrected chi connectivity index (χ1v) is 7.57. The number of nitrogens with one attached hydrogen (secondary N) is 2. The van der Waals surface area contributed by atoms with E-state index in [9.17, 15) is 4.79 Å². The van der Waals surface area contributed by atoms with Crippen molar-refractivity contribution in [3.05, 3.63) is 24.3 Å². The van der Waals surface area contributed by atoms with Crippen LogP contribution in [0.1, 0.15) is 25.7 Å². The van der Waals surface area contributed by atoms with E-state index in [1.54, 1.807) is 0 Å². The van der Waals surface area contributed by atoms with Gasteiger partial charge in [0.25, 0.3) is 0 Å². The smallest absolute Gasteiger partial charge is 0.225 e. The Kier molecular flexibility index (Phi) is 8.89. The molecule has 1 unspecified atom stereocenters. The lowest BCUT2D eigenvalue weighted by Gasteiger charge is -2.23. The minimum absolute atomic E-state index is 0. The van der Waals surface area contributed by atoms with E-state index in [1.165, 1.54) is 6.42 Å². The molecular weight excluding hydrogens is 304 g/mol. The summed E-state index contributed by atoms with van der Waals surface area (Å²) in [6, 6.07) is 7.52. The van der Waals surface area contributed by atoms with Crippen LogP contribution >= 0.6 is 12.4 Å². The van der Waals surface area contributed by atoms with Crippen LogP contribution in [0, 0.1) is 0 Å². The fourth-order valence-electron chi connectivity index (χ4n) is 2.27. The minimum atomic E-state index is -0.0192. The van der Waals surface area contributed by atoms with Crippen LogP contribution in [-0.4, -0.2) is 38.8 Å². The Morgan fingerprint density at radius 1 is 1.36 bits per heavy atom. The number of halogens is 1. The summed E-state index contributed by atoms with van der Waals surface area (Å²) in [6.07, 6.45) is 3.96. The maximum absolute atomic E-state index is 11.8. The molecule has 22 heavy (non-hydrogen) atoms. The van der Waals surface area contributed by atoms with E-state index in [-0.39, 0.29) is 24.4 Å². The average Bonchev–Trinajstić information content (AvgIpc) is 2.53. The predicted molar refractivity (Wildman–Crippen MR) is 89.9 cm³/mol. The number of rotatable bonds is 7. The zero-order valence-electron chi connectivity index (χ0n) is 13.0. The summed E-state index contributed by atoms with van der Waals surface area (Å²) in [5, 5.41) is 5.85. The molecule has 1 aromatic carbocycles. The topological polar surface area (TPSA) is 59.6 Å². The van der Waals surface area contributed by atoms with E-state index in [0.717, 1.165) is 25.1 Å².